The minimum absolute atomic E-state index is 0. The second-order valence-corrected chi connectivity index (χ2v) is 6.55. The number of nitrogens with zero attached hydrogens (tertiary/aromatic N) is 3. The molecule has 21 heavy (non-hydrogen) atoms. The van der Waals surface area contributed by atoms with Gasteiger partial charge in [-0.25, -0.2) is 0 Å². The zero-order valence-corrected chi connectivity index (χ0v) is 13.5. The third-order valence-corrected chi connectivity index (χ3v) is 5.08. The summed E-state index contributed by atoms with van der Waals surface area (Å²) in [5.74, 6) is 2.20. The molecule has 1 atom stereocenters. The summed E-state index contributed by atoms with van der Waals surface area (Å²) >= 11 is 1.71. The minimum atomic E-state index is 0. The first kappa shape index (κ1) is 15.0. The van der Waals surface area contributed by atoms with E-state index in [9.17, 15) is 0 Å². The highest BCUT2D eigenvalue weighted by Crippen LogP contribution is 2.46. The van der Waals surface area contributed by atoms with Crippen molar-refractivity contribution >= 4 is 23.7 Å². The number of rotatable bonds is 3. The van der Waals surface area contributed by atoms with Crippen molar-refractivity contribution in [1.82, 2.24) is 20.4 Å². The Labute approximate surface area is 134 Å². The molecule has 1 saturated heterocycles. The highest BCUT2D eigenvalue weighted by molar-refractivity contribution is 7.13. The Bertz CT molecular complexity index is 610. The molecular weight excluding hydrogens is 308 g/mol. The number of nitrogens with one attached hydrogen (secondary N) is 1. The third kappa shape index (κ3) is 2.85. The summed E-state index contributed by atoms with van der Waals surface area (Å²) in [5, 5.41) is 9.72. The number of piperazine rings is 1. The molecule has 1 N–H and O–H groups in total. The van der Waals surface area contributed by atoms with E-state index in [1.807, 2.05) is 0 Å². The molecule has 4 rings (SSSR count). The van der Waals surface area contributed by atoms with Gasteiger partial charge in [0.25, 0.3) is 5.89 Å². The maximum Gasteiger partial charge on any atom is 0.268 e. The van der Waals surface area contributed by atoms with E-state index in [4.69, 9.17) is 4.52 Å². The van der Waals surface area contributed by atoms with Crippen LogP contribution in [-0.2, 0) is 0 Å². The van der Waals surface area contributed by atoms with Crippen LogP contribution in [0.25, 0.3) is 10.8 Å². The van der Waals surface area contributed by atoms with Crippen LogP contribution in [-0.4, -0.2) is 41.7 Å². The molecule has 2 aromatic rings. The monoisotopic (exact) mass is 326 g/mol. The molecule has 5 nitrogen and oxygen atoms in total. The fraction of sp³-hybridized carbons (Fsp3) is 0.571. The van der Waals surface area contributed by atoms with E-state index in [2.05, 4.69) is 38.9 Å². The molecule has 1 saturated carbocycles. The molecule has 1 aliphatic heterocycles. The lowest BCUT2D eigenvalue weighted by Crippen LogP contribution is -2.44. The molecule has 2 fully saturated rings. The number of likely N-dealkylation sites (N-methyl/N-ethyl adjacent to an activating group) is 1. The Hall–Kier alpha value is -0.950. The van der Waals surface area contributed by atoms with E-state index < -0.39 is 0 Å². The normalized spacial score (nSPS) is 23.0. The van der Waals surface area contributed by atoms with E-state index in [0.717, 1.165) is 30.3 Å². The molecule has 0 aromatic carbocycles. The van der Waals surface area contributed by atoms with Crippen LogP contribution in [0.4, 0.5) is 0 Å². The Morgan fingerprint density at radius 1 is 1.43 bits per heavy atom. The van der Waals surface area contributed by atoms with Crippen LogP contribution < -0.4 is 5.32 Å². The highest BCUT2D eigenvalue weighted by atomic mass is 35.5. The largest absolute Gasteiger partial charge is 0.333 e. The molecule has 1 unspecified atom stereocenters. The topological polar surface area (TPSA) is 54.2 Å². The zero-order chi connectivity index (χ0) is 13.5. The highest BCUT2D eigenvalue weighted by Gasteiger charge is 2.30. The van der Waals surface area contributed by atoms with Crippen LogP contribution >= 0.6 is 23.7 Å². The smallest absolute Gasteiger partial charge is 0.268 e. The molecule has 7 heteroatoms. The van der Waals surface area contributed by atoms with Gasteiger partial charge in [0.2, 0.25) is 0 Å². The second kappa shape index (κ2) is 6.04. The number of thiophene rings is 1. The van der Waals surface area contributed by atoms with Crippen molar-refractivity contribution in [1.29, 1.82) is 0 Å². The molecule has 0 amide bonds. The van der Waals surface area contributed by atoms with Crippen LogP contribution in [0.1, 0.15) is 36.2 Å². The van der Waals surface area contributed by atoms with Crippen molar-refractivity contribution in [2.75, 3.05) is 26.7 Å². The summed E-state index contributed by atoms with van der Waals surface area (Å²) in [7, 11) is 2.11. The van der Waals surface area contributed by atoms with Crippen molar-refractivity contribution in [3.8, 4) is 10.8 Å². The van der Waals surface area contributed by atoms with Gasteiger partial charge in [-0.3, -0.25) is 4.90 Å². The molecule has 2 aromatic heterocycles. The van der Waals surface area contributed by atoms with Crippen molar-refractivity contribution < 1.29 is 4.52 Å². The summed E-state index contributed by atoms with van der Waals surface area (Å²) in [4.78, 5) is 8.09. The van der Waals surface area contributed by atoms with Crippen molar-refractivity contribution in [3.05, 3.63) is 22.8 Å². The van der Waals surface area contributed by atoms with Gasteiger partial charge in [0.15, 0.2) is 5.82 Å². The van der Waals surface area contributed by atoms with Crippen LogP contribution in [0, 0.1) is 0 Å². The Kier molecular flexibility index (Phi) is 4.31. The van der Waals surface area contributed by atoms with Gasteiger partial charge >= 0.3 is 0 Å². The summed E-state index contributed by atoms with van der Waals surface area (Å²) in [6, 6.07) is 2.42. The fourth-order valence-corrected chi connectivity index (χ4v) is 3.67. The van der Waals surface area contributed by atoms with E-state index in [1.54, 1.807) is 11.3 Å². The zero-order valence-electron chi connectivity index (χ0n) is 11.9. The fourth-order valence-electron chi connectivity index (χ4n) is 2.77. The van der Waals surface area contributed by atoms with Gasteiger partial charge in [-0.1, -0.05) is 5.16 Å². The average molecular weight is 327 g/mol. The lowest BCUT2D eigenvalue weighted by molar-refractivity contribution is 0.190. The Morgan fingerprint density at radius 3 is 3.05 bits per heavy atom. The van der Waals surface area contributed by atoms with Crippen LogP contribution in [0.5, 0.6) is 0 Å². The summed E-state index contributed by atoms with van der Waals surface area (Å²) < 4.78 is 5.52. The predicted octanol–water partition coefficient (Wildman–Crippen LogP) is 2.67. The summed E-state index contributed by atoms with van der Waals surface area (Å²) in [6.45, 7) is 2.92. The minimum Gasteiger partial charge on any atom is -0.333 e. The average Bonchev–Trinajstić information content (AvgIpc) is 3.01. The van der Waals surface area contributed by atoms with Crippen molar-refractivity contribution in [3.63, 3.8) is 0 Å². The quantitative estimate of drug-likeness (QED) is 0.939. The van der Waals surface area contributed by atoms with Crippen LogP contribution in [0.15, 0.2) is 16.0 Å². The molecule has 3 heterocycles. The van der Waals surface area contributed by atoms with E-state index >= 15 is 0 Å². The van der Waals surface area contributed by atoms with Gasteiger partial charge in [0, 0.05) is 19.6 Å². The molecular formula is C14H19ClN4OS. The first-order valence-corrected chi connectivity index (χ1v) is 8.03. The number of hydrogen-bond donors (Lipinski definition) is 1. The molecule has 0 radical (unpaired) electrons. The standard InChI is InChI=1S/C14H18N4OS.ClH/c1-18-6-5-15-8-11(18)13-16-14(19-17-13)12-10(4-7-20-12)9-2-3-9;/h4,7,9,11,15H,2-3,5-6,8H2,1H3;1H. The van der Waals surface area contributed by atoms with Gasteiger partial charge in [-0.15, -0.1) is 23.7 Å². The SMILES string of the molecule is CN1CCNCC1c1noc(-c2sccc2C2CC2)n1.Cl. The van der Waals surface area contributed by atoms with Gasteiger partial charge in [0.05, 0.1) is 10.9 Å². The second-order valence-electron chi connectivity index (χ2n) is 5.64. The van der Waals surface area contributed by atoms with E-state index in [-0.39, 0.29) is 18.4 Å². The van der Waals surface area contributed by atoms with Crippen molar-refractivity contribution in [2.24, 2.45) is 0 Å². The van der Waals surface area contributed by atoms with Gasteiger partial charge < -0.3 is 9.84 Å². The van der Waals surface area contributed by atoms with Crippen molar-refractivity contribution in [2.45, 2.75) is 24.8 Å². The molecule has 1 aliphatic carbocycles. The first-order valence-electron chi connectivity index (χ1n) is 7.15. The number of halogens is 1. The Morgan fingerprint density at radius 2 is 2.29 bits per heavy atom. The van der Waals surface area contributed by atoms with Crippen LogP contribution in [0.2, 0.25) is 0 Å². The maximum atomic E-state index is 5.52. The molecule has 114 valence electrons. The van der Waals surface area contributed by atoms with Gasteiger partial charge in [-0.2, -0.15) is 4.98 Å². The number of hydrogen-bond acceptors (Lipinski definition) is 6. The third-order valence-electron chi connectivity index (χ3n) is 4.16. The van der Waals surface area contributed by atoms with E-state index in [0.29, 0.717) is 11.8 Å². The molecule has 2 aliphatic rings. The Balaban J connectivity index is 0.00000132. The molecule has 0 bridgehead atoms. The van der Waals surface area contributed by atoms with Crippen LogP contribution in [0.3, 0.4) is 0 Å². The predicted molar refractivity (Wildman–Crippen MR) is 85.1 cm³/mol. The number of aromatic nitrogens is 2. The lowest BCUT2D eigenvalue weighted by Gasteiger charge is -2.30. The van der Waals surface area contributed by atoms with Gasteiger partial charge in [-0.05, 0) is 42.8 Å². The molecule has 0 spiro atoms. The lowest BCUT2D eigenvalue weighted by atomic mass is 10.1. The maximum absolute atomic E-state index is 5.52. The van der Waals surface area contributed by atoms with Gasteiger partial charge in [0.1, 0.15) is 0 Å². The summed E-state index contributed by atoms with van der Waals surface area (Å²) in [6.07, 6.45) is 2.58. The first-order chi connectivity index (χ1) is 9.83. The van der Waals surface area contributed by atoms with E-state index in [1.165, 1.54) is 18.4 Å². The summed E-state index contributed by atoms with van der Waals surface area (Å²) in [5.41, 5.74) is 1.39.